The average molecular weight is 396 g/mol. The van der Waals surface area contributed by atoms with Crippen LogP contribution in [0.15, 0.2) is 6.07 Å². The molecular formula is C20H28O8. The molecule has 0 unspecified atom stereocenters. The Morgan fingerprint density at radius 3 is 2.43 bits per heavy atom. The number of benzene rings is 1. The SMILES string of the molecule is Cc1cc2c(c(C)c1CCO[C@H]1O[C@H](CO)[C@@H](O)[C@H](O)[C@H]1O)C(=O)[C@H](C)[C@H]2O. The van der Waals surface area contributed by atoms with Gasteiger partial charge in [-0.05, 0) is 42.5 Å². The van der Waals surface area contributed by atoms with E-state index in [-0.39, 0.29) is 12.4 Å². The third kappa shape index (κ3) is 3.50. The fourth-order valence-corrected chi connectivity index (χ4v) is 4.12. The Kier molecular flexibility index (Phi) is 6.21. The predicted molar refractivity (Wildman–Crippen MR) is 97.8 cm³/mol. The van der Waals surface area contributed by atoms with Crippen molar-refractivity contribution in [3.05, 3.63) is 33.9 Å². The van der Waals surface area contributed by atoms with E-state index in [0.717, 1.165) is 16.7 Å². The van der Waals surface area contributed by atoms with Gasteiger partial charge >= 0.3 is 0 Å². The van der Waals surface area contributed by atoms with Crippen molar-refractivity contribution in [1.29, 1.82) is 0 Å². The number of carbonyl (C=O) groups excluding carboxylic acids is 1. The van der Waals surface area contributed by atoms with Crippen molar-refractivity contribution in [1.82, 2.24) is 0 Å². The van der Waals surface area contributed by atoms with Crippen LogP contribution in [0.2, 0.25) is 0 Å². The van der Waals surface area contributed by atoms with E-state index in [4.69, 9.17) is 9.47 Å². The highest BCUT2D eigenvalue weighted by Gasteiger charge is 2.44. The van der Waals surface area contributed by atoms with Gasteiger partial charge in [0.2, 0.25) is 0 Å². The normalized spacial score (nSPS) is 35.3. The lowest BCUT2D eigenvalue weighted by atomic mass is 9.92. The van der Waals surface area contributed by atoms with Gasteiger partial charge in [0, 0.05) is 11.5 Å². The molecule has 1 aliphatic carbocycles. The van der Waals surface area contributed by atoms with Crippen molar-refractivity contribution in [2.75, 3.05) is 13.2 Å². The molecule has 0 saturated carbocycles. The second kappa shape index (κ2) is 8.16. The van der Waals surface area contributed by atoms with E-state index in [0.29, 0.717) is 17.5 Å². The first-order chi connectivity index (χ1) is 13.2. The van der Waals surface area contributed by atoms with Gasteiger partial charge in [0.25, 0.3) is 0 Å². The number of Topliss-reactive ketones (excluding diaryl/α,β-unsaturated/α-hetero) is 1. The number of aryl methyl sites for hydroxylation is 1. The summed E-state index contributed by atoms with van der Waals surface area (Å²) in [6.07, 6.45) is -6.93. The van der Waals surface area contributed by atoms with Crippen LogP contribution in [0.1, 0.15) is 45.6 Å². The van der Waals surface area contributed by atoms with Crippen LogP contribution in [0.4, 0.5) is 0 Å². The van der Waals surface area contributed by atoms with Crippen LogP contribution in [0.3, 0.4) is 0 Å². The average Bonchev–Trinajstić information content (AvgIpc) is 2.88. The Morgan fingerprint density at radius 1 is 1.11 bits per heavy atom. The minimum absolute atomic E-state index is 0.0731. The van der Waals surface area contributed by atoms with Crippen molar-refractivity contribution < 1.29 is 39.8 Å². The highest BCUT2D eigenvalue weighted by atomic mass is 16.7. The molecule has 0 amide bonds. The van der Waals surface area contributed by atoms with E-state index in [1.165, 1.54) is 0 Å². The summed E-state index contributed by atoms with van der Waals surface area (Å²) >= 11 is 0. The van der Waals surface area contributed by atoms with E-state index in [2.05, 4.69) is 0 Å². The van der Waals surface area contributed by atoms with Crippen LogP contribution in [0.25, 0.3) is 0 Å². The second-order valence-electron chi connectivity index (χ2n) is 7.68. The minimum atomic E-state index is -1.49. The van der Waals surface area contributed by atoms with Crippen molar-refractivity contribution in [2.45, 2.75) is 64.0 Å². The number of ketones is 1. The summed E-state index contributed by atoms with van der Waals surface area (Å²) in [4.78, 5) is 12.5. The zero-order valence-electron chi connectivity index (χ0n) is 16.2. The summed E-state index contributed by atoms with van der Waals surface area (Å²) in [7, 11) is 0. The fourth-order valence-electron chi connectivity index (χ4n) is 4.12. The maximum absolute atomic E-state index is 12.5. The number of carbonyl (C=O) groups is 1. The third-order valence-electron chi connectivity index (χ3n) is 5.90. The standard InChI is InChI=1S/C20H28O8/c1-8-6-12-14(16(23)10(3)15(12)22)9(2)11(8)4-5-27-20-19(26)18(25)17(24)13(7-21)28-20/h6,10,13,15,17-22,24-26H,4-5,7H2,1-3H3/t10-,13-,15-,17-,18+,19-,20+/m1/s1. The van der Waals surface area contributed by atoms with Gasteiger partial charge in [0.05, 0.1) is 19.3 Å². The zero-order valence-corrected chi connectivity index (χ0v) is 16.2. The first-order valence-electron chi connectivity index (χ1n) is 9.46. The van der Waals surface area contributed by atoms with Gasteiger partial charge in [-0.3, -0.25) is 4.79 Å². The van der Waals surface area contributed by atoms with Gasteiger partial charge in [0.1, 0.15) is 24.4 Å². The molecule has 0 spiro atoms. The highest BCUT2D eigenvalue weighted by molar-refractivity contribution is 6.04. The van der Waals surface area contributed by atoms with Gasteiger partial charge in [-0.1, -0.05) is 13.0 Å². The largest absolute Gasteiger partial charge is 0.394 e. The van der Waals surface area contributed by atoms with Crippen LogP contribution >= 0.6 is 0 Å². The molecule has 5 N–H and O–H groups in total. The van der Waals surface area contributed by atoms with Crippen molar-refractivity contribution >= 4 is 5.78 Å². The molecule has 1 heterocycles. The maximum Gasteiger partial charge on any atom is 0.186 e. The third-order valence-corrected chi connectivity index (χ3v) is 5.90. The Hall–Kier alpha value is -1.39. The Labute approximate surface area is 163 Å². The lowest BCUT2D eigenvalue weighted by Crippen LogP contribution is -2.59. The van der Waals surface area contributed by atoms with E-state index in [1.54, 1.807) is 6.92 Å². The topological polar surface area (TPSA) is 137 Å². The summed E-state index contributed by atoms with van der Waals surface area (Å²) in [5.74, 6) is -0.537. The Morgan fingerprint density at radius 2 is 1.79 bits per heavy atom. The molecule has 1 aromatic rings. The van der Waals surface area contributed by atoms with Crippen molar-refractivity contribution in [3.63, 3.8) is 0 Å². The lowest BCUT2D eigenvalue weighted by Gasteiger charge is -2.39. The van der Waals surface area contributed by atoms with E-state index in [1.807, 2.05) is 19.9 Å². The molecule has 2 aliphatic rings. The minimum Gasteiger partial charge on any atom is -0.394 e. The number of ether oxygens (including phenoxy) is 2. The molecule has 1 fully saturated rings. The molecule has 1 aliphatic heterocycles. The zero-order chi connectivity index (χ0) is 20.7. The second-order valence-corrected chi connectivity index (χ2v) is 7.68. The van der Waals surface area contributed by atoms with Crippen LogP contribution < -0.4 is 0 Å². The number of fused-ring (bicyclic) bond motifs is 1. The smallest absolute Gasteiger partial charge is 0.186 e. The fraction of sp³-hybridized carbons (Fsp3) is 0.650. The Bertz CT molecular complexity index is 746. The van der Waals surface area contributed by atoms with E-state index < -0.39 is 49.3 Å². The van der Waals surface area contributed by atoms with Gasteiger partial charge in [-0.15, -0.1) is 0 Å². The van der Waals surface area contributed by atoms with Gasteiger partial charge in [-0.25, -0.2) is 0 Å². The van der Waals surface area contributed by atoms with E-state index in [9.17, 15) is 30.3 Å². The summed E-state index contributed by atoms with van der Waals surface area (Å²) in [6.45, 7) is 5.07. The molecule has 0 bridgehead atoms. The number of rotatable bonds is 5. The molecule has 8 nitrogen and oxygen atoms in total. The molecule has 8 heteroatoms. The summed E-state index contributed by atoms with van der Waals surface area (Å²) < 4.78 is 10.9. The van der Waals surface area contributed by atoms with Crippen LogP contribution in [-0.4, -0.2) is 75.2 Å². The van der Waals surface area contributed by atoms with Crippen molar-refractivity contribution in [3.8, 4) is 0 Å². The molecule has 1 saturated heterocycles. The van der Waals surface area contributed by atoms with Crippen LogP contribution in [-0.2, 0) is 15.9 Å². The number of aliphatic hydroxyl groups excluding tert-OH is 5. The van der Waals surface area contributed by atoms with E-state index >= 15 is 0 Å². The molecule has 28 heavy (non-hydrogen) atoms. The maximum atomic E-state index is 12.5. The Balaban J connectivity index is 1.72. The lowest BCUT2D eigenvalue weighted by molar-refractivity contribution is -0.300. The summed E-state index contributed by atoms with van der Waals surface area (Å²) in [6, 6.07) is 1.83. The van der Waals surface area contributed by atoms with Gasteiger partial charge in [-0.2, -0.15) is 0 Å². The van der Waals surface area contributed by atoms with Crippen molar-refractivity contribution in [2.24, 2.45) is 5.92 Å². The molecule has 0 aromatic heterocycles. The molecule has 7 atom stereocenters. The quantitative estimate of drug-likeness (QED) is 0.451. The number of aliphatic hydroxyl groups is 5. The molecule has 156 valence electrons. The highest BCUT2D eigenvalue weighted by Crippen LogP contribution is 2.39. The van der Waals surface area contributed by atoms with Gasteiger partial charge in [0.15, 0.2) is 12.1 Å². The molecule has 1 aromatic carbocycles. The van der Waals surface area contributed by atoms with Crippen LogP contribution in [0, 0.1) is 19.8 Å². The summed E-state index contributed by atoms with van der Waals surface area (Å²) in [5.41, 5.74) is 3.87. The predicted octanol–water partition coefficient (Wildman–Crippen LogP) is -0.472. The monoisotopic (exact) mass is 396 g/mol. The molecule has 3 rings (SSSR count). The van der Waals surface area contributed by atoms with Gasteiger partial charge < -0.3 is 35.0 Å². The van der Waals surface area contributed by atoms with Crippen LogP contribution in [0.5, 0.6) is 0 Å². The molecular weight excluding hydrogens is 368 g/mol. The first kappa shape index (κ1) is 21.3. The summed E-state index contributed by atoms with van der Waals surface area (Å²) in [5, 5.41) is 49.2. The molecule has 0 radical (unpaired) electrons. The number of hydrogen-bond donors (Lipinski definition) is 5. The number of hydrogen-bond acceptors (Lipinski definition) is 8. The first-order valence-corrected chi connectivity index (χ1v) is 9.46.